The summed E-state index contributed by atoms with van der Waals surface area (Å²) in [5.41, 5.74) is 4.44. The van der Waals surface area contributed by atoms with E-state index in [9.17, 15) is 18.0 Å². The number of Topliss-reactive ketones (excluding diaryl/α,β-unsaturated/α-hetero) is 1. The topological polar surface area (TPSA) is 68.1 Å². The van der Waals surface area contributed by atoms with Crippen LogP contribution in [0.25, 0.3) is 11.3 Å². The summed E-state index contributed by atoms with van der Waals surface area (Å²) >= 11 is 0. The third kappa shape index (κ3) is 4.34. The zero-order valence-electron chi connectivity index (χ0n) is 17.8. The van der Waals surface area contributed by atoms with Gasteiger partial charge in [0.15, 0.2) is 5.78 Å². The highest BCUT2D eigenvalue weighted by atomic mass is 19.1. The number of rotatable bonds is 6. The van der Waals surface area contributed by atoms with E-state index in [1.807, 2.05) is 6.07 Å². The van der Waals surface area contributed by atoms with Crippen molar-refractivity contribution < 1.29 is 18.0 Å². The largest absolute Gasteiger partial charge is 0.294 e. The summed E-state index contributed by atoms with van der Waals surface area (Å²) in [6.45, 7) is 0. The first-order valence-corrected chi connectivity index (χ1v) is 10.5. The van der Waals surface area contributed by atoms with Gasteiger partial charge in [-0.3, -0.25) is 14.8 Å². The Kier molecular flexibility index (Phi) is 5.71. The highest BCUT2D eigenvalue weighted by Gasteiger charge is 2.19. The number of fused-ring (bicyclic) bond motifs is 1. The number of halogens is 3. The van der Waals surface area contributed by atoms with Crippen LogP contribution in [-0.2, 0) is 19.3 Å². The summed E-state index contributed by atoms with van der Waals surface area (Å²) in [6.07, 6.45) is 5.62. The second-order valence-electron chi connectivity index (χ2n) is 7.89. The predicted octanol–water partition coefficient (Wildman–Crippen LogP) is 5.23. The Morgan fingerprint density at radius 3 is 2.59 bits per heavy atom. The zero-order valence-corrected chi connectivity index (χ0v) is 17.8. The number of hydrogen-bond donors (Lipinski definition) is 0. The highest BCUT2D eigenvalue weighted by Crippen LogP contribution is 2.34. The first-order valence-electron chi connectivity index (χ1n) is 10.5. The van der Waals surface area contributed by atoms with Gasteiger partial charge in [-0.1, -0.05) is 12.1 Å². The number of nitrogens with zero attached hydrogens (tertiary/aromatic N) is 4. The number of hydrogen-bond acceptors (Lipinski definition) is 5. The first kappa shape index (κ1) is 21.6. The molecule has 8 heteroatoms. The molecule has 0 unspecified atom stereocenters. The summed E-state index contributed by atoms with van der Waals surface area (Å²) in [5, 5.41) is 0. The Morgan fingerprint density at radius 2 is 1.76 bits per heavy atom. The quantitative estimate of drug-likeness (QED) is 0.371. The normalized spacial score (nSPS) is 12.1. The molecule has 5 rings (SSSR count). The summed E-state index contributed by atoms with van der Waals surface area (Å²) < 4.78 is 41.5. The van der Waals surface area contributed by atoms with E-state index < -0.39 is 23.2 Å². The van der Waals surface area contributed by atoms with E-state index in [0.29, 0.717) is 36.0 Å². The van der Waals surface area contributed by atoms with Gasteiger partial charge in [-0.2, -0.15) is 0 Å². The minimum absolute atomic E-state index is 0.136. The first-order chi connectivity index (χ1) is 16.5. The van der Waals surface area contributed by atoms with Gasteiger partial charge in [-0.15, -0.1) is 0 Å². The molecule has 0 bridgehead atoms. The van der Waals surface area contributed by atoms with Crippen molar-refractivity contribution in [3.8, 4) is 11.3 Å². The van der Waals surface area contributed by atoms with E-state index in [1.165, 1.54) is 12.4 Å². The van der Waals surface area contributed by atoms with Crippen LogP contribution >= 0.6 is 0 Å². The maximum atomic E-state index is 14.5. The van der Waals surface area contributed by atoms with E-state index in [4.69, 9.17) is 0 Å². The van der Waals surface area contributed by atoms with Gasteiger partial charge in [0.05, 0.1) is 11.4 Å². The summed E-state index contributed by atoms with van der Waals surface area (Å²) in [7, 11) is 0. The third-order valence-electron chi connectivity index (χ3n) is 5.57. The monoisotopic (exact) mass is 458 g/mol. The van der Waals surface area contributed by atoms with Crippen molar-refractivity contribution in [3.63, 3.8) is 0 Å². The molecule has 34 heavy (non-hydrogen) atoms. The van der Waals surface area contributed by atoms with Gasteiger partial charge < -0.3 is 0 Å². The SMILES string of the molecule is O=C(Cc1cc(Cc2ncccc2-c2ncnc3c2N=CC3)ccc1F)c1cc(F)cc(F)c1. The van der Waals surface area contributed by atoms with Crippen LogP contribution in [0.15, 0.2) is 66.0 Å². The number of benzene rings is 2. The number of carbonyl (C=O) groups excluding carboxylic acids is 1. The molecule has 1 aliphatic rings. The molecular formula is C26H17F3N4O. The minimum atomic E-state index is -0.860. The van der Waals surface area contributed by atoms with Gasteiger partial charge in [-0.25, -0.2) is 23.1 Å². The standard InChI is InChI=1S/C26H17F3N4O/c27-18-10-17(11-19(28)13-18)24(34)12-16-8-15(3-4-21(16)29)9-23-20(2-1-6-30-23)25-26-22(5-7-31-26)32-14-33-25/h1-4,6-8,10-11,13-14H,5,9,12H2. The van der Waals surface area contributed by atoms with Crippen LogP contribution in [-0.4, -0.2) is 26.9 Å². The Hall–Kier alpha value is -4.20. The minimum Gasteiger partial charge on any atom is -0.294 e. The second kappa shape index (κ2) is 8.97. The van der Waals surface area contributed by atoms with Crippen molar-refractivity contribution in [2.45, 2.75) is 19.3 Å². The lowest BCUT2D eigenvalue weighted by atomic mass is 9.97. The highest BCUT2D eigenvalue weighted by molar-refractivity contribution is 5.97. The maximum absolute atomic E-state index is 14.5. The van der Waals surface area contributed by atoms with Gasteiger partial charge in [0, 0.05) is 48.9 Å². The van der Waals surface area contributed by atoms with Crippen LogP contribution in [0.5, 0.6) is 0 Å². The van der Waals surface area contributed by atoms with E-state index in [0.717, 1.165) is 29.0 Å². The molecule has 3 heterocycles. The molecular weight excluding hydrogens is 441 g/mol. The number of ketones is 1. The lowest BCUT2D eigenvalue weighted by molar-refractivity contribution is 0.0991. The molecule has 0 N–H and O–H groups in total. The number of carbonyl (C=O) groups is 1. The Bertz CT molecular complexity index is 1430. The van der Waals surface area contributed by atoms with Crippen LogP contribution in [0.3, 0.4) is 0 Å². The molecule has 1 aliphatic heterocycles. The number of aromatic nitrogens is 3. The molecule has 168 valence electrons. The molecule has 0 saturated heterocycles. The fraction of sp³-hybridized carbons (Fsp3) is 0.115. The molecule has 0 spiro atoms. The lowest BCUT2D eigenvalue weighted by Crippen LogP contribution is -2.07. The van der Waals surface area contributed by atoms with Crippen LogP contribution in [0.2, 0.25) is 0 Å². The van der Waals surface area contributed by atoms with Crippen molar-refractivity contribution >= 4 is 17.7 Å². The van der Waals surface area contributed by atoms with E-state index >= 15 is 0 Å². The number of aliphatic imine (C=N–C) groups is 1. The smallest absolute Gasteiger partial charge is 0.167 e. The molecule has 0 aliphatic carbocycles. The van der Waals surface area contributed by atoms with Gasteiger partial charge >= 0.3 is 0 Å². The van der Waals surface area contributed by atoms with Gasteiger partial charge in [0.1, 0.15) is 35.2 Å². The Labute approximate surface area is 193 Å². The van der Waals surface area contributed by atoms with E-state index in [1.54, 1.807) is 30.6 Å². The van der Waals surface area contributed by atoms with Crippen LogP contribution in [0, 0.1) is 17.5 Å². The van der Waals surface area contributed by atoms with Crippen molar-refractivity contribution in [1.29, 1.82) is 0 Å². The van der Waals surface area contributed by atoms with E-state index in [-0.39, 0.29) is 17.5 Å². The van der Waals surface area contributed by atoms with Crippen LogP contribution in [0.1, 0.15) is 32.9 Å². The Balaban J connectivity index is 1.44. The molecule has 0 radical (unpaired) electrons. The number of pyridine rings is 1. The fourth-order valence-corrected chi connectivity index (χ4v) is 3.97. The molecule has 2 aromatic carbocycles. The molecule has 0 saturated carbocycles. The predicted molar refractivity (Wildman–Crippen MR) is 121 cm³/mol. The van der Waals surface area contributed by atoms with Crippen molar-refractivity contribution in [1.82, 2.24) is 15.0 Å². The second-order valence-corrected chi connectivity index (χ2v) is 7.89. The van der Waals surface area contributed by atoms with Crippen molar-refractivity contribution in [2.24, 2.45) is 4.99 Å². The fourth-order valence-electron chi connectivity index (χ4n) is 3.97. The van der Waals surface area contributed by atoms with Gasteiger partial charge in [0.2, 0.25) is 0 Å². The van der Waals surface area contributed by atoms with Crippen molar-refractivity contribution in [2.75, 3.05) is 0 Å². The summed E-state index contributed by atoms with van der Waals surface area (Å²) in [4.78, 5) is 30.1. The summed E-state index contributed by atoms with van der Waals surface area (Å²) in [5.74, 6) is -2.87. The average molecular weight is 458 g/mol. The maximum Gasteiger partial charge on any atom is 0.167 e. The zero-order chi connectivity index (χ0) is 23.7. The lowest BCUT2D eigenvalue weighted by Gasteiger charge is -2.11. The van der Waals surface area contributed by atoms with Gasteiger partial charge in [0.25, 0.3) is 0 Å². The molecule has 4 aromatic rings. The Morgan fingerprint density at radius 1 is 0.941 bits per heavy atom. The molecule has 0 atom stereocenters. The molecule has 5 nitrogen and oxygen atoms in total. The van der Waals surface area contributed by atoms with Crippen LogP contribution in [0.4, 0.5) is 18.9 Å². The molecule has 2 aromatic heterocycles. The van der Waals surface area contributed by atoms with E-state index in [2.05, 4.69) is 19.9 Å². The molecule has 0 amide bonds. The van der Waals surface area contributed by atoms with Crippen molar-refractivity contribution in [3.05, 3.63) is 107 Å². The third-order valence-corrected chi connectivity index (χ3v) is 5.57. The van der Waals surface area contributed by atoms with Gasteiger partial charge in [-0.05, 0) is 41.5 Å². The van der Waals surface area contributed by atoms with Crippen LogP contribution < -0.4 is 0 Å². The average Bonchev–Trinajstić information content (AvgIpc) is 3.30. The molecule has 0 fully saturated rings. The summed E-state index contributed by atoms with van der Waals surface area (Å²) in [6, 6.07) is 10.7.